The molecular formula is C19H19BrN2OS2. The molecule has 0 unspecified atom stereocenters. The van der Waals surface area contributed by atoms with Gasteiger partial charge in [0.05, 0.1) is 10.6 Å². The lowest BCUT2D eigenvalue weighted by atomic mass is 10.0. The van der Waals surface area contributed by atoms with E-state index in [-0.39, 0.29) is 5.88 Å². The summed E-state index contributed by atoms with van der Waals surface area (Å²) in [7, 11) is 0. The molecule has 1 saturated carbocycles. The largest absolute Gasteiger partial charge is 0.493 e. The van der Waals surface area contributed by atoms with Crippen molar-refractivity contribution in [2.45, 2.75) is 38.6 Å². The van der Waals surface area contributed by atoms with E-state index in [1.807, 2.05) is 29.0 Å². The third kappa shape index (κ3) is 3.52. The maximum Gasteiger partial charge on any atom is 0.210 e. The van der Waals surface area contributed by atoms with Gasteiger partial charge in [0.15, 0.2) is 3.95 Å². The van der Waals surface area contributed by atoms with Crippen molar-refractivity contribution in [3.63, 3.8) is 0 Å². The van der Waals surface area contributed by atoms with E-state index in [0.717, 1.165) is 49.0 Å². The van der Waals surface area contributed by atoms with E-state index in [4.69, 9.17) is 12.2 Å². The average molecular weight is 435 g/mol. The Balaban J connectivity index is 1.60. The first kappa shape index (κ1) is 17.2. The molecule has 1 aromatic carbocycles. The fourth-order valence-corrected chi connectivity index (χ4v) is 5.30. The SMILES string of the molecule is Oc1c(C=C2C=Nc3ccc(Br)cc32)sc(=S)n1CCC1CCCC1. The number of benzene rings is 1. The van der Waals surface area contributed by atoms with Gasteiger partial charge in [0.2, 0.25) is 5.88 Å². The molecule has 130 valence electrons. The summed E-state index contributed by atoms with van der Waals surface area (Å²) in [4.78, 5) is 5.25. The topological polar surface area (TPSA) is 37.5 Å². The predicted molar refractivity (Wildman–Crippen MR) is 112 cm³/mol. The molecule has 1 aromatic heterocycles. The fourth-order valence-electron chi connectivity index (χ4n) is 3.63. The van der Waals surface area contributed by atoms with Crippen LogP contribution in [0.3, 0.4) is 0 Å². The maximum atomic E-state index is 10.7. The van der Waals surface area contributed by atoms with Gasteiger partial charge < -0.3 is 5.11 Å². The molecule has 0 radical (unpaired) electrons. The summed E-state index contributed by atoms with van der Waals surface area (Å²) >= 11 is 10.5. The first-order valence-electron chi connectivity index (χ1n) is 8.60. The third-order valence-corrected chi connectivity index (χ3v) is 6.91. The minimum atomic E-state index is 0.289. The van der Waals surface area contributed by atoms with Gasteiger partial charge in [0.1, 0.15) is 0 Å². The van der Waals surface area contributed by atoms with Crippen molar-refractivity contribution >= 4 is 63.0 Å². The summed E-state index contributed by atoms with van der Waals surface area (Å²) in [6.45, 7) is 0.811. The van der Waals surface area contributed by atoms with Gasteiger partial charge in [-0.3, -0.25) is 9.56 Å². The quantitative estimate of drug-likeness (QED) is 0.551. The van der Waals surface area contributed by atoms with E-state index in [1.165, 1.54) is 37.0 Å². The van der Waals surface area contributed by atoms with Gasteiger partial charge >= 0.3 is 0 Å². The lowest BCUT2D eigenvalue weighted by molar-refractivity contribution is 0.387. The highest BCUT2D eigenvalue weighted by Gasteiger charge is 2.18. The number of halogens is 1. The van der Waals surface area contributed by atoms with Gasteiger partial charge in [-0.05, 0) is 48.8 Å². The number of hydrogen-bond acceptors (Lipinski definition) is 4. The Bertz CT molecular complexity index is 920. The first-order valence-corrected chi connectivity index (χ1v) is 10.6. The van der Waals surface area contributed by atoms with Gasteiger partial charge in [0.25, 0.3) is 0 Å². The number of nitrogens with zero attached hydrogens (tertiary/aromatic N) is 2. The van der Waals surface area contributed by atoms with E-state index >= 15 is 0 Å². The van der Waals surface area contributed by atoms with Crippen LogP contribution < -0.4 is 0 Å². The van der Waals surface area contributed by atoms with Crippen LogP contribution in [-0.2, 0) is 6.54 Å². The minimum absolute atomic E-state index is 0.289. The molecule has 1 fully saturated rings. The molecule has 4 rings (SSSR count). The number of rotatable bonds is 4. The van der Waals surface area contributed by atoms with E-state index in [9.17, 15) is 5.11 Å². The Morgan fingerprint density at radius 2 is 2.16 bits per heavy atom. The molecule has 0 saturated heterocycles. The zero-order chi connectivity index (χ0) is 17.4. The van der Waals surface area contributed by atoms with E-state index in [1.54, 1.807) is 0 Å². The molecule has 2 aliphatic rings. The van der Waals surface area contributed by atoms with E-state index in [0.29, 0.717) is 0 Å². The second kappa shape index (κ2) is 7.17. The summed E-state index contributed by atoms with van der Waals surface area (Å²) in [6.07, 6.45) is 10.3. The van der Waals surface area contributed by atoms with Gasteiger partial charge in [-0.1, -0.05) is 41.6 Å². The molecule has 0 atom stereocenters. The highest BCUT2D eigenvalue weighted by atomic mass is 79.9. The van der Waals surface area contributed by atoms with Crippen LogP contribution >= 0.6 is 39.5 Å². The Kier molecular flexibility index (Phi) is 4.93. The molecule has 2 heterocycles. The fraction of sp³-hybridized carbons (Fsp3) is 0.368. The molecule has 0 bridgehead atoms. The molecule has 0 spiro atoms. The number of allylic oxidation sites excluding steroid dienone is 1. The van der Waals surface area contributed by atoms with Crippen molar-refractivity contribution in [1.29, 1.82) is 0 Å². The molecule has 2 aromatic rings. The average Bonchev–Trinajstić information content (AvgIpc) is 3.29. The molecule has 25 heavy (non-hydrogen) atoms. The number of aliphatic imine (C=N–C) groups is 1. The van der Waals surface area contributed by atoms with Gasteiger partial charge in [0, 0.05) is 28.4 Å². The van der Waals surface area contributed by atoms with Crippen LogP contribution in [0.4, 0.5) is 5.69 Å². The Morgan fingerprint density at radius 1 is 1.36 bits per heavy atom. The smallest absolute Gasteiger partial charge is 0.210 e. The summed E-state index contributed by atoms with van der Waals surface area (Å²) in [5.41, 5.74) is 3.04. The monoisotopic (exact) mass is 434 g/mol. The first-order chi connectivity index (χ1) is 12.1. The second-order valence-corrected chi connectivity index (χ2v) is 9.26. The number of hydrogen-bond donors (Lipinski definition) is 1. The van der Waals surface area contributed by atoms with Crippen molar-refractivity contribution in [3.05, 3.63) is 37.1 Å². The van der Waals surface area contributed by atoms with E-state index in [2.05, 4.69) is 27.0 Å². The minimum Gasteiger partial charge on any atom is -0.493 e. The summed E-state index contributed by atoms with van der Waals surface area (Å²) in [6, 6.07) is 6.03. The summed E-state index contributed by atoms with van der Waals surface area (Å²) in [5, 5.41) is 10.7. The zero-order valence-corrected chi connectivity index (χ0v) is 17.0. The van der Waals surface area contributed by atoms with E-state index < -0.39 is 0 Å². The molecule has 1 aliphatic carbocycles. The van der Waals surface area contributed by atoms with Crippen molar-refractivity contribution in [3.8, 4) is 5.88 Å². The third-order valence-electron chi connectivity index (χ3n) is 5.03. The van der Waals surface area contributed by atoms with Crippen LogP contribution in [-0.4, -0.2) is 15.9 Å². The number of aromatic nitrogens is 1. The van der Waals surface area contributed by atoms with Crippen LogP contribution in [0.2, 0.25) is 0 Å². The number of aromatic hydroxyl groups is 1. The van der Waals surface area contributed by atoms with Crippen LogP contribution in [0, 0.1) is 9.87 Å². The molecule has 0 amide bonds. The van der Waals surface area contributed by atoms with Crippen molar-refractivity contribution < 1.29 is 5.11 Å². The lowest BCUT2D eigenvalue weighted by Crippen LogP contribution is -2.03. The van der Waals surface area contributed by atoms with Crippen LogP contribution in [0.1, 0.15) is 42.5 Å². The number of thiazole rings is 1. The highest BCUT2D eigenvalue weighted by Crippen LogP contribution is 2.37. The molecular weight excluding hydrogens is 416 g/mol. The molecule has 3 nitrogen and oxygen atoms in total. The maximum absolute atomic E-state index is 10.7. The Hall–Kier alpha value is -1.24. The predicted octanol–water partition coefficient (Wildman–Crippen LogP) is 6.58. The highest BCUT2D eigenvalue weighted by molar-refractivity contribution is 9.10. The van der Waals surface area contributed by atoms with Gasteiger partial charge in [-0.15, -0.1) is 11.3 Å². The molecule has 6 heteroatoms. The lowest BCUT2D eigenvalue weighted by Gasteiger charge is -2.10. The second-order valence-electron chi connectivity index (χ2n) is 6.67. The number of fused-ring (bicyclic) bond motifs is 1. The molecule has 1 aliphatic heterocycles. The normalized spacial score (nSPS) is 18.4. The van der Waals surface area contributed by atoms with Gasteiger partial charge in [-0.2, -0.15) is 0 Å². The van der Waals surface area contributed by atoms with Crippen LogP contribution in [0.25, 0.3) is 11.6 Å². The molecule has 1 N–H and O–H groups in total. The summed E-state index contributed by atoms with van der Waals surface area (Å²) in [5.74, 6) is 1.08. The Labute approximate surface area is 164 Å². The summed E-state index contributed by atoms with van der Waals surface area (Å²) < 4.78 is 3.65. The van der Waals surface area contributed by atoms with Crippen molar-refractivity contribution in [1.82, 2.24) is 4.57 Å². The standard InChI is InChI=1S/C19H19BrN2OS2/c20-14-5-6-16-15(10-14)13(11-21-16)9-17-18(23)22(19(24)25-17)8-7-12-3-1-2-4-12/h5-6,9-12,23H,1-4,7-8H2. The Morgan fingerprint density at radius 3 is 2.96 bits per heavy atom. The van der Waals surface area contributed by atoms with Crippen LogP contribution in [0.15, 0.2) is 27.7 Å². The van der Waals surface area contributed by atoms with Gasteiger partial charge in [-0.25, -0.2) is 0 Å². The zero-order valence-electron chi connectivity index (χ0n) is 13.7. The van der Waals surface area contributed by atoms with Crippen molar-refractivity contribution in [2.24, 2.45) is 10.9 Å². The van der Waals surface area contributed by atoms with Crippen molar-refractivity contribution in [2.75, 3.05) is 0 Å². The van der Waals surface area contributed by atoms with Crippen LogP contribution in [0.5, 0.6) is 5.88 Å².